The molecule has 1 aliphatic rings. The zero-order chi connectivity index (χ0) is 11.1. The van der Waals surface area contributed by atoms with Gasteiger partial charge >= 0.3 is 5.97 Å². The minimum Gasteiger partial charge on any atom is -0.492 e. The number of carboxylic acids is 1. The summed E-state index contributed by atoms with van der Waals surface area (Å²) >= 11 is 5.81. The lowest BCUT2D eigenvalue weighted by Crippen LogP contribution is -2.39. The summed E-state index contributed by atoms with van der Waals surface area (Å²) in [7, 11) is 0. The minimum absolute atomic E-state index is 0.190. The number of carboxylic acid groups (broad SMARTS) is 1. The average Bonchev–Trinajstić information content (AvgIpc) is 2.18. The highest BCUT2D eigenvalue weighted by molar-refractivity contribution is 6.30. The Kier molecular flexibility index (Phi) is 2.35. The highest BCUT2D eigenvalue weighted by Crippen LogP contribution is 2.35. The van der Waals surface area contributed by atoms with Crippen LogP contribution in [0, 0.1) is 5.41 Å². The van der Waals surface area contributed by atoms with Gasteiger partial charge in [0, 0.05) is 5.02 Å². The van der Waals surface area contributed by atoms with Crippen molar-refractivity contribution in [2.24, 2.45) is 5.41 Å². The van der Waals surface area contributed by atoms with E-state index in [2.05, 4.69) is 0 Å². The van der Waals surface area contributed by atoms with Gasteiger partial charge in [-0.2, -0.15) is 0 Å². The molecule has 0 aliphatic carbocycles. The van der Waals surface area contributed by atoms with Crippen LogP contribution in [0.4, 0.5) is 0 Å². The van der Waals surface area contributed by atoms with Gasteiger partial charge in [-0.05, 0) is 31.0 Å². The molecule has 15 heavy (non-hydrogen) atoms. The fourth-order valence-corrected chi connectivity index (χ4v) is 1.82. The van der Waals surface area contributed by atoms with Gasteiger partial charge in [-0.3, -0.25) is 4.79 Å². The maximum Gasteiger partial charge on any atom is 0.313 e. The van der Waals surface area contributed by atoms with Crippen LogP contribution in [-0.4, -0.2) is 17.7 Å². The molecular formula is C11H11ClO3. The maximum atomic E-state index is 11.0. The topological polar surface area (TPSA) is 46.5 Å². The monoisotopic (exact) mass is 226 g/mol. The van der Waals surface area contributed by atoms with E-state index in [4.69, 9.17) is 21.4 Å². The fraction of sp³-hybridized carbons (Fsp3) is 0.364. The third kappa shape index (κ3) is 1.79. The van der Waals surface area contributed by atoms with E-state index in [1.165, 1.54) is 0 Å². The van der Waals surface area contributed by atoms with Crippen molar-refractivity contribution in [3.05, 3.63) is 28.8 Å². The highest BCUT2D eigenvalue weighted by atomic mass is 35.5. The molecule has 1 aliphatic heterocycles. The van der Waals surface area contributed by atoms with Crippen LogP contribution in [0.5, 0.6) is 5.75 Å². The van der Waals surface area contributed by atoms with E-state index >= 15 is 0 Å². The summed E-state index contributed by atoms with van der Waals surface area (Å²) in [6, 6.07) is 5.29. The van der Waals surface area contributed by atoms with E-state index in [1.807, 2.05) is 6.07 Å². The highest BCUT2D eigenvalue weighted by Gasteiger charge is 2.38. The largest absolute Gasteiger partial charge is 0.492 e. The molecule has 4 heteroatoms. The third-order valence-corrected chi connectivity index (χ3v) is 2.91. The summed E-state index contributed by atoms with van der Waals surface area (Å²) in [4.78, 5) is 11.0. The molecule has 1 unspecified atom stereocenters. The van der Waals surface area contributed by atoms with Crippen LogP contribution >= 0.6 is 11.6 Å². The predicted octanol–water partition coefficient (Wildman–Crippen LogP) is 2.37. The van der Waals surface area contributed by atoms with E-state index in [9.17, 15) is 4.79 Å². The molecule has 2 rings (SSSR count). The first-order chi connectivity index (χ1) is 7.01. The van der Waals surface area contributed by atoms with Gasteiger partial charge in [0.25, 0.3) is 0 Å². The first-order valence-electron chi connectivity index (χ1n) is 4.66. The van der Waals surface area contributed by atoms with Crippen molar-refractivity contribution in [2.45, 2.75) is 13.3 Å². The first-order valence-corrected chi connectivity index (χ1v) is 5.04. The van der Waals surface area contributed by atoms with Gasteiger partial charge in [0.05, 0.1) is 0 Å². The summed E-state index contributed by atoms with van der Waals surface area (Å²) < 4.78 is 5.42. The zero-order valence-corrected chi connectivity index (χ0v) is 9.04. The number of hydrogen-bond acceptors (Lipinski definition) is 2. The normalized spacial score (nSPS) is 24.1. The standard InChI is InChI=1S/C11H11ClO3/c1-11(10(13)14)5-7-2-3-8(12)4-9(7)15-6-11/h2-4H,5-6H2,1H3,(H,13,14). The molecule has 1 aromatic rings. The van der Waals surface area contributed by atoms with Crippen LogP contribution in [0.25, 0.3) is 0 Å². The van der Waals surface area contributed by atoms with E-state index < -0.39 is 11.4 Å². The Labute approximate surface area is 92.6 Å². The van der Waals surface area contributed by atoms with Crippen molar-refractivity contribution in [1.82, 2.24) is 0 Å². The minimum atomic E-state index is -0.833. The summed E-state index contributed by atoms with van der Waals surface area (Å²) in [6.45, 7) is 1.88. The van der Waals surface area contributed by atoms with Crippen molar-refractivity contribution in [3.8, 4) is 5.75 Å². The molecule has 1 heterocycles. The number of halogens is 1. The number of hydrogen-bond donors (Lipinski definition) is 1. The van der Waals surface area contributed by atoms with Gasteiger partial charge in [-0.1, -0.05) is 17.7 Å². The molecule has 3 nitrogen and oxygen atoms in total. The molecule has 0 saturated carbocycles. The number of fused-ring (bicyclic) bond motifs is 1. The van der Waals surface area contributed by atoms with Gasteiger partial charge in [-0.15, -0.1) is 0 Å². The summed E-state index contributed by atoms with van der Waals surface area (Å²) in [5.74, 6) is -0.135. The predicted molar refractivity (Wildman–Crippen MR) is 56.4 cm³/mol. The van der Waals surface area contributed by atoms with Crippen LogP contribution in [-0.2, 0) is 11.2 Å². The van der Waals surface area contributed by atoms with E-state index in [-0.39, 0.29) is 6.61 Å². The van der Waals surface area contributed by atoms with Crippen molar-refractivity contribution < 1.29 is 14.6 Å². The van der Waals surface area contributed by atoms with Crippen LogP contribution in [0.1, 0.15) is 12.5 Å². The molecule has 0 aromatic heterocycles. The molecule has 0 bridgehead atoms. The SMILES string of the molecule is CC1(C(=O)O)COc2cc(Cl)ccc2C1. The average molecular weight is 227 g/mol. The lowest BCUT2D eigenvalue weighted by molar-refractivity contribution is -0.150. The number of carbonyl (C=O) groups is 1. The van der Waals surface area contributed by atoms with Crippen molar-refractivity contribution in [3.63, 3.8) is 0 Å². The number of rotatable bonds is 1. The number of benzene rings is 1. The van der Waals surface area contributed by atoms with Crippen LogP contribution in [0.15, 0.2) is 18.2 Å². The third-order valence-electron chi connectivity index (χ3n) is 2.67. The van der Waals surface area contributed by atoms with Crippen molar-refractivity contribution >= 4 is 17.6 Å². The molecule has 0 radical (unpaired) electrons. The van der Waals surface area contributed by atoms with Gasteiger partial charge in [0.15, 0.2) is 0 Å². The first kappa shape index (κ1) is 10.3. The zero-order valence-electron chi connectivity index (χ0n) is 8.29. The van der Waals surface area contributed by atoms with Crippen molar-refractivity contribution in [1.29, 1.82) is 0 Å². The molecule has 1 atom stereocenters. The summed E-state index contributed by atoms with van der Waals surface area (Å²) in [6.07, 6.45) is 0.481. The molecule has 0 saturated heterocycles. The van der Waals surface area contributed by atoms with Crippen LogP contribution in [0.2, 0.25) is 5.02 Å². The van der Waals surface area contributed by atoms with Gasteiger partial charge < -0.3 is 9.84 Å². The molecule has 0 fully saturated rings. The van der Waals surface area contributed by atoms with E-state index in [1.54, 1.807) is 19.1 Å². The Morgan fingerprint density at radius 1 is 1.60 bits per heavy atom. The number of aliphatic carboxylic acids is 1. The fourth-order valence-electron chi connectivity index (χ4n) is 1.65. The van der Waals surface area contributed by atoms with Crippen LogP contribution < -0.4 is 4.74 Å². The van der Waals surface area contributed by atoms with Gasteiger partial charge in [0.1, 0.15) is 17.8 Å². The second-order valence-electron chi connectivity index (χ2n) is 4.08. The lowest BCUT2D eigenvalue weighted by Gasteiger charge is -2.31. The van der Waals surface area contributed by atoms with E-state index in [0.717, 1.165) is 5.56 Å². The molecular weight excluding hydrogens is 216 g/mol. The van der Waals surface area contributed by atoms with Gasteiger partial charge in [-0.25, -0.2) is 0 Å². The van der Waals surface area contributed by atoms with Gasteiger partial charge in [0.2, 0.25) is 0 Å². The Balaban J connectivity index is 2.35. The quantitative estimate of drug-likeness (QED) is 0.800. The maximum absolute atomic E-state index is 11.0. The van der Waals surface area contributed by atoms with Crippen molar-refractivity contribution in [2.75, 3.05) is 6.61 Å². The van der Waals surface area contributed by atoms with Crippen LogP contribution in [0.3, 0.4) is 0 Å². The molecule has 1 N–H and O–H groups in total. The second-order valence-corrected chi connectivity index (χ2v) is 4.52. The Bertz CT molecular complexity index is 416. The molecule has 1 aromatic carbocycles. The summed E-state index contributed by atoms with van der Waals surface area (Å²) in [5, 5.41) is 9.68. The Morgan fingerprint density at radius 2 is 2.33 bits per heavy atom. The molecule has 0 amide bonds. The van der Waals surface area contributed by atoms with E-state index in [0.29, 0.717) is 17.2 Å². The Hall–Kier alpha value is -1.22. The second kappa shape index (κ2) is 3.42. The smallest absolute Gasteiger partial charge is 0.313 e. The molecule has 80 valence electrons. The summed E-state index contributed by atoms with van der Waals surface area (Å²) in [5.41, 5.74) is 0.0661. The number of ether oxygens (including phenoxy) is 1. The Morgan fingerprint density at radius 3 is 3.00 bits per heavy atom. The molecule has 0 spiro atoms. The lowest BCUT2D eigenvalue weighted by atomic mass is 9.82.